The molecule has 0 aliphatic carbocycles. The van der Waals surface area contributed by atoms with Gasteiger partial charge in [0.15, 0.2) is 0 Å². The first-order chi connectivity index (χ1) is 18.7. The van der Waals surface area contributed by atoms with Crippen LogP contribution in [-0.2, 0) is 11.5 Å². The molecular weight excluding hydrogens is 547 g/mol. The lowest BCUT2D eigenvalue weighted by atomic mass is 10.1. The Bertz CT molecular complexity index is 1320. The van der Waals surface area contributed by atoms with Crippen LogP contribution in [0.2, 0.25) is 0 Å². The molecule has 1 atom stereocenters. The standard InChI is InChI=1S/C27H34F3N5O4S/c1-26(37)10-12-34(17-26)24-22(23-9-11-32-35(23)18-38-13-14-40(2,3)4)15-19(16-31-24)25(36)33-20-5-7-21(8-6-20)39-27(28,29)30/h5-9,11,15-16,37H,10,12-14,17-18H2,1-4H3,(H,33,36)/t26-/m0/s1. The maximum atomic E-state index is 13.1. The normalized spacial score (nSPS) is 18.1. The van der Waals surface area contributed by atoms with Crippen LogP contribution in [0.3, 0.4) is 0 Å². The van der Waals surface area contributed by atoms with Crippen molar-refractivity contribution in [3.8, 4) is 17.0 Å². The second kappa shape index (κ2) is 11.7. The number of aromatic nitrogens is 3. The first kappa shape index (κ1) is 29.7. The lowest BCUT2D eigenvalue weighted by Gasteiger charge is -2.25. The third-order valence-electron chi connectivity index (χ3n) is 6.27. The van der Waals surface area contributed by atoms with Crippen LogP contribution in [0.5, 0.6) is 5.75 Å². The molecule has 1 aliphatic heterocycles. The molecule has 1 aliphatic rings. The number of benzene rings is 1. The highest BCUT2D eigenvalue weighted by atomic mass is 32.3. The molecule has 2 N–H and O–H groups in total. The van der Waals surface area contributed by atoms with Crippen molar-refractivity contribution in [2.24, 2.45) is 0 Å². The van der Waals surface area contributed by atoms with E-state index in [4.69, 9.17) is 4.74 Å². The number of hydrogen-bond donors (Lipinski definition) is 2. The van der Waals surface area contributed by atoms with Gasteiger partial charge in [0.25, 0.3) is 5.91 Å². The van der Waals surface area contributed by atoms with E-state index in [-0.39, 0.29) is 18.0 Å². The lowest BCUT2D eigenvalue weighted by Crippen LogP contribution is -2.30. The summed E-state index contributed by atoms with van der Waals surface area (Å²) in [6, 6.07) is 8.38. The SMILES string of the molecule is C[C@]1(O)CCN(c2ncc(C(=O)Nc3ccc(OC(F)(F)F)cc3)cc2-c2ccnn2COCCS(C)(C)C)C1. The molecule has 0 radical (unpaired) electrons. The summed E-state index contributed by atoms with van der Waals surface area (Å²) in [7, 11) is -0.704. The number of β-amino-alcohol motifs (C(OH)–C–C–N with tert-alkyl or cyclic N) is 1. The zero-order valence-electron chi connectivity index (χ0n) is 22.9. The topological polar surface area (TPSA) is 102 Å². The van der Waals surface area contributed by atoms with Crippen LogP contribution in [-0.4, -0.2) is 82.0 Å². The minimum absolute atomic E-state index is 0.220. The summed E-state index contributed by atoms with van der Waals surface area (Å²) in [5.41, 5.74) is 1.00. The van der Waals surface area contributed by atoms with Crippen molar-refractivity contribution in [2.45, 2.75) is 32.0 Å². The molecule has 13 heteroatoms. The highest BCUT2D eigenvalue weighted by Crippen LogP contribution is 2.35. The van der Waals surface area contributed by atoms with Gasteiger partial charge in [0.2, 0.25) is 0 Å². The van der Waals surface area contributed by atoms with E-state index in [1.54, 1.807) is 23.9 Å². The number of anilines is 2. The number of carbonyl (C=O) groups excluding carboxylic acids is 1. The summed E-state index contributed by atoms with van der Waals surface area (Å²) < 4.78 is 48.8. The van der Waals surface area contributed by atoms with Gasteiger partial charge >= 0.3 is 6.36 Å². The largest absolute Gasteiger partial charge is 0.573 e. The van der Waals surface area contributed by atoms with Crippen LogP contribution in [0.25, 0.3) is 11.3 Å². The van der Waals surface area contributed by atoms with Crippen molar-refractivity contribution in [1.29, 1.82) is 0 Å². The van der Waals surface area contributed by atoms with Crippen LogP contribution in [0.1, 0.15) is 23.7 Å². The number of amides is 1. The summed E-state index contributed by atoms with van der Waals surface area (Å²) in [4.78, 5) is 19.7. The maximum Gasteiger partial charge on any atom is 0.573 e. The van der Waals surface area contributed by atoms with Crippen LogP contribution >= 0.6 is 10.0 Å². The minimum atomic E-state index is -4.80. The average molecular weight is 582 g/mol. The zero-order chi connectivity index (χ0) is 29.1. The van der Waals surface area contributed by atoms with Crippen LogP contribution in [0, 0.1) is 0 Å². The van der Waals surface area contributed by atoms with Crippen LogP contribution in [0.15, 0.2) is 48.8 Å². The van der Waals surface area contributed by atoms with E-state index in [2.05, 4.69) is 38.9 Å². The third kappa shape index (κ3) is 8.12. The number of nitrogens with one attached hydrogen (secondary N) is 1. The van der Waals surface area contributed by atoms with Crippen molar-refractivity contribution in [3.05, 3.63) is 54.4 Å². The second-order valence-corrected chi connectivity index (χ2v) is 15.4. The Kier molecular flexibility index (Phi) is 8.66. The Morgan fingerprint density at radius 2 is 1.93 bits per heavy atom. The summed E-state index contributed by atoms with van der Waals surface area (Å²) in [6.07, 6.45) is 5.52. The number of halogens is 3. The van der Waals surface area contributed by atoms with Gasteiger partial charge < -0.3 is 24.8 Å². The molecule has 0 unspecified atom stereocenters. The van der Waals surface area contributed by atoms with Crippen molar-refractivity contribution in [1.82, 2.24) is 14.8 Å². The van der Waals surface area contributed by atoms with Gasteiger partial charge in [-0.05, 0) is 68.5 Å². The van der Waals surface area contributed by atoms with Crippen molar-refractivity contribution in [3.63, 3.8) is 0 Å². The number of rotatable bonds is 10. The highest BCUT2D eigenvalue weighted by Gasteiger charge is 2.34. The van der Waals surface area contributed by atoms with Gasteiger partial charge in [0.05, 0.1) is 23.5 Å². The van der Waals surface area contributed by atoms with Gasteiger partial charge in [0, 0.05) is 42.5 Å². The third-order valence-corrected chi connectivity index (χ3v) is 7.66. The fraction of sp³-hybridized carbons (Fsp3) is 0.444. The number of nitrogens with zero attached hydrogens (tertiary/aromatic N) is 4. The van der Waals surface area contributed by atoms with Crippen molar-refractivity contribution in [2.75, 3.05) is 54.4 Å². The van der Waals surface area contributed by atoms with E-state index in [9.17, 15) is 23.1 Å². The average Bonchev–Trinajstić information content (AvgIpc) is 3.47. The molecule has 218 valence electrons. The molecule has 3 heterocycles. The quantitative estimate of drug-likeness (QED) is 0.334. The van der Waals surface area contributed by atoms with E-state index in [0.717, 1.165) is 17.9 Å². The Balaban J connectivity index is 1.58. The number of carbonyl (C=O) groups is 1. The van der Waals surface area contributed by atoms with E-state index in [1.165, 1.54) is 18.3 Å². The Hall–Kier alpha value is -3.29. The highest BCUT2D eigenvalue weighted by molar-refractivity contribution is 8.32. The zero-order valence-corrected chi connectivity index (χ0v) is 23.7. The Morgan fingerprint density at radius 3 is 2.55 bits per heavy atom. The first-order valence-corrected chi connectivity index (χ1v) is 15.6. The fourth-order valence-electron chi connectivity index (χ4n) is 4.22. The summed E-state index contributed by atoms with van der Waals surface area (Å²) in [5.74, 6) is 0.676. The van der Waals surface area contributed by atoms with Gasteiger partial charge in [-0.1, -0.05) is 0 Å². The van der Waals surface area contributed by atoms with Gasteiger partial charge in [-0.25, -0.2) is 19.7 Å². The van der Waals surface area contributed by atoms with E-state index in [0.29, 0.717) is 48.9 Å². The molecular formula is C27H34F3N5O4S. The number of aliphatic hydroxyl groups is 1. The molecule has 0 spiro atoms. The smallest absolute Gasteiger partial charge is 0.406 e. The van der Waals surface area contributed by atoms with Gasteiger partial charge in [-0.2, -0.15) is 5.10 Å². The number of hydrogen-bond acceptors (Lipinski definition) is 7. The summed E-state index contributed by atoms with van der Waals surface area (Å²) in [6.45, 7) is 3.55. The molecule has 4 rings (SSSR count). The number of pyridine rings is 1. The monoisotopic (exact) mass is 581 g/mol. The molecule has 3 aromatic rings. The van der Waals surface area contributed by atoms with E-state index < -0.39 is 27.9 Å². The molecule has 40 heavy (non-hydrogen) atoms. The minimum Gasteiger partial charge on any atom is -0.406 e. The molecule has 1 saturated heterocycles. The van der Waals surface area contributed by atoms with Gasteiger partial charge in [-0.3, -0.25) is 4.79 Å². The summed E-state index contributed by atoms with van der Waals surface area (Å²) in [5, 5.41) is 17.6. The molecule has 1 aromatic carbocycles. The van der Waals surface area contributed by atoms with E-state index in [1.807, 2.05) is 11.0 Å². The van der Waals surface area contributed by atoms with Gasteiger partial charge in [-0.15, -0.1) is 13.2 Å². The first-order valence-electron chi connectivity index (χ1n) is 12.6. The number of alkyl halides is 3. The predicted molar refractivity (Wildman–Crippen MR) is 150 cm³/mol. The Labute approximate surface area is 232 Å². The molecule has 2 aromatic heterocycles. The number of ether oxygens (including phenoxy) is 2. The van der Waals surface area contributed by atoms with Crippen molar-refractivity contribution < 1.29 is 32.5 Å². The fourth-order valence-corrected chi connectivity index (χ4v) is 4.83. The van der Waals surface area contributed by atoms with Crippen LogP contribution < -0.4 is 15.0 Å². The van der Waals surface area contributed by atoms with Crippen LogP contribution in [0.4, 0.5) is 24.7 Å². The van der Waals surface area contributed by atoms with E-state index >= 15 is 0 Å². The lowest BCUT2D eigenvalue weighted by molar-refractivity contribution is -0.274. The maximum absolute atomic E-state index is 13.1. The molecule has 1 amide bonds. The predicted octanol–water partition coefficient (Wildman–Crippen LogP) is 4.73. The molecule has 0 bridgehead atoms. The van der Waals surface area contributed by atoms with Crippen molar-refractivity contribution >= 4 is 27.4 Å². The Morgan fingerprint density at radius 1 is 1.20 bits per heavy atom. The second-order valence-electron chi connectivity index (χ2n) is 10.8. The summed E-state index contributed by atoms with van der Waals surface area (Å²) >= 11 is 0. The molecule has 9 nitrogen and oxygen atoms in total. The van der Waals surface area contributed by atoms with Gasteiger partial charge in [0.1, 0.15) is 18.3 Å². The molecule has 0 saturated carbocycles. The molecule has 1 fully saturated rings.